The fourth-order valence-electron chi connectivity index (χ4n) is 2.05. The first-order valence-electron chi connectivity index (χ1n) is 7.16. The average molecular weight is 358 g/mol. The largest absolute Gasteiger partial charge is 0.354 e. The standard InChI is InChI=1S/C18H13Cl2N3O/c19-12-5-7-13(8-6-12)22-14-9-10-17(21-11-14)18(24)23-16-4-2-1-3-15(16)20/h1-11,22H,(H,23,24). The first-order chi connectivity index (χ1) is 11.6. The molecular formula is C18H13Cl2N3O. The summed E-state index contributed by atoms with van der Waals surface area (Å²) in [6, 6.07) is 17.8. The Morgan fingerprint density at radius 1 is 0.875 bits per heavy atom. The van der Waals surface area contributed by atoms with Crippen LogP contribution in [0.25, 0.3) is 0 Å². The number of halogens is 2. The number of pyridine rings is 1. The lowest BCUT2D eigenvalue weighted by Gasteiger charge is -2.08. The fourth-order valence-corrected chi connectivity index (χ4v) is 2.36. The molecule has 0 aliphatic rings. The molecule has 2 aromatic carbocycles. The van der Waals surface area contributed by atoms with Gasteiger partial charge in [-0.15, -0.1) is 0 Å². The minimum Gasteiger partial charge on any atom is -0.354 e. The smallest absolute Gasteiger partial charge is 0.274 e. The Kier molecular flexibility index (Phi) is 4.99. The Labute approximate surface area is 149 Å². The van der Waals surface area contributed by atoms with Crippen molar-refractivity contribution in [3.05, 3.63) is 82.6 Å². The van der Waals surface area contributed by atoms with Crippen LogP contribution in [0.1, 0.15) is 10.5 Å². The van der Waals surface area contributed by atoms with Gasteiger partial charge in [0.2, 0.25) is 0 Å². The molecule has 1 aromatic heterocycles. The zero-order valence-corrected chi connectivity index (χ0v) is 14.0. The van der Waals surface area contributed by atoms with Gasteiger partial charge < -0.3 is 10.6 Å². The molecule has 0 unspecified atom stereocenters. The van der Waals surface area contributed by atoms with E-state index in [1.54, 1.807) is 54.7 Å². The van der Waals surface area contributed by atoms with E-state index in [1.807, 2.05) is 12.1 Å². The van der Waals surface area contributed by atoms with Crippen molar-refractivity contribution in [2.75, 3.05) is 10.6 Å². The lowest BCUT2D eigenvalue weighted by atomic mass is 10.2. The Morgan fingerprint density at radius 2 is 1.58 bits per heavy atom. The van der Waals surface area contributed by atoms with Gasteiger partial charge >= 0.3 is 0 Å². The Balaban J connectivity index is 1.68. The molecule has 0 bridgehead atoms. The van der Waals surface area contributed by atoms with Gasteiger partial charge in [-0.25, -0.2) is 4.98 Å². The number of aromatic nitrogens is 1. The van der Waals surface area contributed by atoms with E-state index >= 15 is 0 Å². The van der Waals surface area contributed by atoms with Crippen LogP contribution >= 0.6 is 23.2 Å². The van der Waals surface area contributed by atoms with Crippen LogP contribution in [-0.2, 0) is 0 Å². The predicted molar refractivity (Wildman–Crippen MR) is 98.4 cm³/mol. The number of nitrogens with zero attached hydrogens (tertiary/aromatic N) is 1. The molecule has 0 radical (unpaired) electrons. The number of para-hydroxylation sites is 1. The van der Waals surface area contributed by atoms with E-state index in [2.05, 4.69) is 15.6 Å². The molecular weight excluding hydrogens is 345 g/mol. The van der Waals surface area contributed by atoms with Crippen molar-refractivity contribution in [1.82, 2.24) is 4.98 Å². The molecule has 1 amide bonds. The summed E-state index contributed by atoms with van der Waals surface area (Å²) >= 11 is 11.9. The molecule has 3 aromatic rings. The molecule has 120 valence electrons. The molecule has 3 rings (SSSR count). The van der Waals surface area contributed by atoms with Gasteiger partial charge in [-0.1, -0.05) is 35.3 Å². The SMILES string of the molecule is O=C(Nc1ccccc1Cl)c1ccc(Nc2ccc(Cl)cc2)cn1. The van der Waals surface area contributed by atoms with Crippen LogP contribution in [0.4, 0.5) is 17.1 Å². The van der Waals surface area contributed by atoms with E-state index in [9.17, 15) is 4.79 Å². The third kappa shape index (κ3) is 4.04. The van der Waals surface area contributed by atoms with Crippen molar-refractivity contribution in [3.8, 4) is 0 Å². The fraction of sp³-hybridized carbons (Fsp3) is 0. The second-order valence-corrected chi connectivity index (χ2v) is 5.84. The third-order valence-electron chi connectivity index (χ3n) is 3.25. The maximum atomic E-state index is 12.2. The lowest BCUT2D eigenvalue weighted by Crippen LogP contribution is -2.13. The first-order valence-corrected chi connectivity index (χ1v) is 7.92. The number of benzene rings is 2. The summed E-state index contributed by atoms with van der Waals surface area (Å²) < 4.78 is 0. The van der Waals surface area contributed by atoms with E-state index in [1.165, 1.54) is 0 Å². The van der Waals surface area contributed by atoms with Crippen LogP contribution in [0.5, 0.6) is 0 Å². The molecule has 0 aliphatic carbocycles. The van der Waals surface area contributed by atoms with Crippen molar-refractivity contribution in [1.29, 1.82) is 0 Å². The minimum atomic E-state index is -0.318. The molecule has 6 heteroatoms. The van der Waals surface area contributed by atoms with Crippen LogP contribution in [0.3, 0.4) is 0 Å². The van der Waals surface area contributed by atoms with Crippen LogP contribution < -0.4 is 10.6 Å². The molecule has 0 atom stereocenters. The number of carbonyl (C=O) groups excluding carboxylic acids is 1. The third-order valence-corrected chi connectivity index (χ3v) is 3.83. The second-order valence-electron chi connectivity index (χ2n) is 5.00. The maximum absolute atomic E-state index is 12.2. The lowest BCUT2D eigenvalue weighted by molar-refractivity contribution is 0.102. The van der Waals surface area contributed by atoms with Crippen LogP contribution in [0.2, 0.25) is 10.0 Å². The minimum absolute atomic E-state index is 0.302. The Hall–Kier alpha value is -2.56. The molecule has 4 nitrogen and oxygen atoms in total. The molecule has 0 saturated carbocycles. The monoisotopic (exact) mass is 357 g/mol. The highest BCUT2D eigenvalue weighted by atomic mass is 35.5. The summed E-state index contributed by atoms with van der Waals surface area (Å²) in [5.41, 5.74) is 2.51. The van der Waals surface area contributed by atoms with E-state index in [-0.39, 0.29) is 5.91 Å². The normalized spacial score (nSPS) is 10.2. The summed E-state index contributed by atoms with van der Waals surface area (Å²) in [5, 5.41) is 7.07. The van der Waals surface area contributed by atoms with Crippen LogP contribution in [0.15, 0.2) is 66.9 Å². The van der Waals surface area contributed by atoms with E-state index < -0.39 is 0 Å². The van der Waals surface area contributed by atoms with Gasteiger partial charge in [0, 0.05) is 10.7 Å². The number of rotatable bonds is 4. The number of amides is 1. The van der Waals surface area contributed by atoms with Crippen molar-refractivity contribution < 1.29 is 4.79 Å². The summed E-state index contributed by atoms with van der Waals surface area (Å²) in [7, 11) is 0. The summed E-state index contributed by atoms with van der Waals surface area (Å²) in [5.74, 6) is -0.318. The predicted octanol–water partition coefficient (Wildman–Crippen LogP) is 5.38. The number of hydrogen-bond acceptors (Lipinski definition) is 3. The van der Waals surface area contributed by atoms with Crippen molar-refractivity contribution >= 4 is 46.2 Å². The quantitative estimate of drug-likeness (QED) is 0.658. The Morgan fingerprint density at radius 3 is 2.25 bits per heavy atom. The topological polar surface area (TPSA) is 54.0 Å². The second kappa shape index (κ2) is 7.34. The van der Waals surface area contributed by atoms with Gasteiger partial charge in [0.15, 0.2) is 0 Å². The van der Waals surface area contributed by atoms with Gasteiger partial charge in [-0.2, -0.15) is 0 Å². The number of anilines is 3. The molecule has 1 heterocycles. The van der Waals surface area contributed by atoms with Gasteiger partial charge in [0.1, 0.15) is 5.69 Å². The van der Waals surface area contributed by atoms with E-state index in [4.69, 9.17) is 23.2 Å². The van der Waals surface area contributed by atoms with E-state index in [0.29, 0.717) is 21.4 Å². The molecule has 0 saturated heterocycles. The zero-order valence-electron chi connectivity index (χ0n) is 12.5. The van der Waals surface area contributed by atoms with E-state index in [0.717, 1.165) is 11.4 Å². The van der Waals surface area contributed by atoms with Crippen molar-refractivity contribution in [3.63, 3.8) is 0 Å². The summed E-state index contributed by atoms with van der Waals surface area (Å²) in [4.78, 5) is 16.4. The number of carbonyl (C=O) groups is 1. The first kappa shape index (κ1) is 16.3. The number of nitrogens with one attached hydrogen (secondary N) is 2. The van der Waals surface area contributed by atoms with Crippen LogP contribution in [0, 0.1) is 0 Å². The van der Waals surface area contributed by atoms with Crippen LogP contribution in [-0.4, -0.2) is 10.9 Å². The van der Waals surface area contributed by atoms with Gasteiger partial charge in [0.05, 0.1) is 22.6 Å². The summed E-state index contributed by atoms with van der Waals surface area (Å²) in [6.45, 7) is 0. The van der Waals surface area contributed by atoms with Gasteiger partial charge in [-0.3, -0.25) is 4.79 Å². The highest BCUT2D eigenvalue weighted by Gasteiger charge is 2.09. The molecule has 0 fully saturated rings. The number of hydrogen-bond donors (Lipinski definition) is 2. The highest BCUT2D eigenvalue weighted by molar-refractivity contribution is 6.33. The average Bonchev–Trinajstić information content (AvgIpc) is 2.59. The molecule has 0 spiro atoms. The summed E-state index contributed by atoms with van der Waals surface area (Å²) in [6.07, 6.45) is 1.59. The molecule has 24 heavy (non-hydrogen) atoms. The molecule has 0 aliphatic heterocycles. The Bertz CT molecular complexity index is 849. The van der Waals surface area contributed by atoms with Crippen molar-refractivity contribution in [2.45, 2.75) is 0 Å². The van der Waals surface area contributed by atoms with Gasteiger partial charge in [-0.05, 0) is 48.5 Å². The zero-order chi connectivity index (χ0) is 16.9. The molecule has 2 N–H and O–H groups in total. The van der Waals surface area contributed by atoms with Gasteiger partial charge in [0.25, 0.3) is 5.91 Å². The maximum Gasteiger partial charge on any atom is 0.274 e. The highest BCUT2D eigenvalue weighted by Crippen LogP contribution is 2.22. The van der Waals surface area contributed by atoms with Crippen molar-refractivity contribution in [2.24, 2.45) is 0 Å².